The van der Waals surface area contributed by atoms with Crippen LogP contribution in [0.25, 0.3) is 0 Å². The first-order valence-corrected chi connectivity index (χ1v) is 13.5. The van der Waals surface area contributed by atoms with Crippen molar-refractivity contribution in [3.8, 4) is 0 Å². The molecule has 2 aliphatic heterocycles. The molecule has 2 amide bonds. The van der Waals surface area contributed by atoms with Crippen molar-refractivity contribution in [3.05, 3.63) is 59.7 Å². The lowest BCUT2D eigenvalue weighted by atomic mass is 9.99. The van der Waals surface area contributed by atoms with Crippen molar-refractivity contribution in [1.29, 1.82) is 0 Å². The quantitative estimate of drug-likeness (QED) is 0.578. The Kier molecular flexibility index (Phi) is 7.38. The van der Waals surface area contributed by atoms with Crippen molar-refractivity contribution in [3.63, 3.8) is 0 Å². The van der Waals surface area contributed by atoms with Gasteiger partial charge in [0.1, 0.15) is 0 Å². The lowest BCUT2D eigenvalue weighted by molar-refractivity contribution is -0.128. The molecule has 2 heterocycles. The zero-order valence-corrected chi connectivity index (χ0v) is 20.8. The molecule has 2 aromatic carbocycles. The Morgan fingerprint density at radius 3 is 2.53 bits per heavy atom. The maximum absolute atomic E-state index is 13.4. The van der Waals surface area contributed by atoms with Crippen LogP contribution in [0.15, 0.2) is 53.4 Å². The van der Waals surface area contributed by atoms with Gasteiger partial charge in [-0.2, -0.15) is 4.31 Å². The first-order chi connectivity index (χ1) is 16.3. The van der Waals surface area contributed by atoms with Crippen LogP contribution in [0.5, 0.6) is 0 Å². The second-order valence-corrected chi connectivity index (χ2v) is 10.9. The van der Waals surface area contributed by atoms with E-state index in [0.717, 1.165) is 30.5 Å². The van der Waals surface area contributed by atoms with Gasteiger partial charge in [-0.25, -0.2) is 8.42 Å². The molecule has 34 heavy (non-hydrogen) atoms. The average molecular weight is 484 g/mol. The molecule has 2 aliphatic rings. The van der Waals surface area contributed by atoms with E-state index in [0.29, 0.717) is 32.7 Å². The maximum Gasteiger partial charge on any atom is 0.243 e. The minimum absolute atomic E-state index is 0.0205. The van der Waals surface area contributed by atoms with Gasteiger partial charge in [-0.15, -0.1) is 0 Å². The van der Waals surface area contributed by atoms with Crippen molar-refractivity contribution in [2.24, 2.45) is 5.92 Å². The third-order valence-corrected chi connectivity index (χ3v) is 8.90. The first kappa shape index (κ1) is 24.4. The molecule has 0 N–H and O–H groups in total. The van der Waals surface area contributed by atoms with Crippen LogP contribution in [0.3, 0.4) is 0 Å². The number of hydrogen-bond acceptors (Lipinski definition) is 4. The van der Waals surface area contributed by atoms with Gasteiger partial charge in [-0.1, -0.05) is 44.2 Å². The lowest BCUT2D eigenvalue weighted by Gasteiger charge is -2.32. The van der Waals surface area contributed by atoms with Gasteiger partial charge in [0.25, 0.3) is 0 Å². The normalized spacial score (nSPS) is 18.4. The minimum Gasteiger partial charge on any atom is -0.342 e. The number of rotatable bonds is 8. The molecular formula is C26H33N3O4S. The van der Waals surface area contributed by atoms with Gasteiger partial charge in [0.2, 0.25) is 21.8 Å². The van der Waals surface area contributed by atoms with Gasteiger partial charge in [0.05, 0.1) is 10.8 Å². The molecule has 1 atom stereocenters. The van der Waals surface area contributed by atoms with E-state index >= 15 is 0 Å². The van der Waals surface area contributed by atoms with Crippen LogP contribution in [-0.2, 0) is 32.5 Å². The van der Waals surface area contributed by atoms with Gasteiger partial charge in [0.15, 0.2) is 0 Å². The SMILES string of the molecule is CCN(CC)S(=O)(=O)c1ccc2c(c1)CCCN2C(=O)C1CC(=O)N(CCc2ccccc2)C1. The number of carbonyl (C=O) groups is 2. The van der Waals surface area contributed by atoms with Gasteiger partial charge < -0.3 is 9.80 Å². The van der Waals surface area contributed by atoms with Gasteiger partial charge in [0, 0.05) is 44.8 Å². The molecule has 0 radical (unpaired) electrons. The summed E-state index contributed by atoms with van der Waals surface area (Å²) in [5, 5.41) is 0. The largest absolute Gasteiger partial charge is 0.342 e. The van der Waals surface area contributed by atoms with Gasteiger partial charge in [-0.3, -0.25) is 9.59 Å². The Morgan fingerprint density at radius 2 is 1.82 bits per heavy atom. The van der Waals surface area contributed by atoms with Crippen molar-refractivity contribution in [2.75, 3.05) is 37.6 Å². The fraction of sp³-hybridized carbons (Fsp3) is 0.462. The zero-order valence-electron chi connectivity index (χ0n) is 19.9. The number of sulfonamides is 1. The number of amides is 2. The van der Waals surface area contributed by atoms with E-state index in [-0.39, 0.29) is 29.0 Å². The molecule has 182 valence electrons. The summed E-state index contributed by atoms with van der Waals surface area (Å²) in [4.78, 5) is 29.8. The lowest BCUT2D eigenvalue weighted by Crippen LogP contribution is -2.41. The summed E-state index contributed by atoms with van der Waals surface area (Å²) in [7, 11) is -3.55. The highest BCUT2D eigenvalue weighted by Crippen LogP contribution is 2.33. The highest BCUT2D eigenvalue weighted by Gasteiger charge is 2.38. The third-order valence-electron chi connectivity index (χ3n) is 6.86. The molecule has 0 spiro atoms. The van der Waals surface area contributed by atoms with Crippen molar-refractivity contribution < 1.29 is 18.0 Å². The number of benzene rings is 2. The predicted molar refractivity (Wildman–Crippen MR) is 132 cm³/mol. The van der Waals surface area contributed by atoms with Crippen LogP contribution in [0.2, 0.25) is 0 Å². The summed E-state index contributed by atoms with van der Waals surface area (Å²) in [6.45, 7) is 6.11. The molecule has 1 fully saturated rings. The average Bonchev–Trinajstić information content (AvgIpc) is 3.23. The zero-order chi connectivity index (χ0) is 24.3. The molecule has 0 aliphatic carbocycles. The molecule has 0 saturated carbocycles. The molecule has 1 saturated heterocycles. The van der Waals surface area contributed by atoms with E-state index in [1.807, 2.05) is 44.2 Å². The van der Waals surface area contributed by atoms with E-state index in [9.17, 15) is 18.0 Å². The van der Waals surface area contributed by atoms with Crippen LogP contribution in [-0.4, -0.2) is 62.2 Å². The number of hydrogen-bond donors (Lipinski definition) is 0. The van der Waals surface area contributed by atoms with Gasteiger partial charge in [-0.05, 0) is 48.6 Å². The second kappa shape index (κ2) is 10.3. The van der Waals surface area contributed by atoms with E-state index < -0.39 is 10.0 Å². The van der Waals surface area contributed by atoms with Crippen molar-refractivity contribution >= 4 is 27.5 Å². The first-order valence-electron chi connectivity index (χ1n) is 12.1. The van der Waals surface area contributed by atoms with Crippen LogP contribution < -0.4 is 4.90 Å². The monoisotopic (exact) mass is 483 g/mol. The molecule has 4 rings (SSSR count). The van der Waals surface area contributed by atoms with Crippen LogP contribution in [0.4, 0.5) is 5.69 Å². The van der Waals surface area contributed by atoms with Crippen molar-refractivity contribution in [1.82, 2.24) is 9.21 Å². The Bertz CT molecular complexity index is 1150. The highest BCUT2D eigenvalue weighted by atomic mass is 32.2. The number of fused-ring (bicyclic) bond motifs is 1. The van der Waals surface area contributed by atoms with Crippen molar-refractivity contribution in [2.45, 2.75) is 44.4 Å². The number of carbonyl (C=O) groups excluding carboxylic acids is 2. The molecule has 1 unspecified atom stereocenters. The summed E-state index contributed by atoms with van der Waals surface area (Å²) in [6, 6.07) is 15.1. The van der Waals surface area contributed by atoms with E-state index in [1.54, 1.807) is 28.0 Å². The Labute approximate surface area is 202 Å². The van der Waals surface area contributed by atoms with E-state index in [4.69, 9.17) is 0 Å². The van der Waals surface area contributed by atoms with Crippen LogP contribution >= 0.6 is 0 Å². The smallest absolute Gasteiger partial charge is 0.243 e. The summed E-state index contributed by atoms with van der Waals surface area (Å²) < 4.78 is 27.3. The fourth-order valence-corrected chi connectivity index (χ4v) is 6.47. The van der Waals surface area contributed by atoms with Crippen LogP contribution in [0, 0.1) is 5.92 Å². The Balaban J connectivity index is 1.47. The topological polar surface area (TPSA) is 78.0 Å². The Hall–Kier alpha value is -2.71. The predicted octanol–water partition coefficient (Wildman–Crippen LogP) is 3.09. The number of aryl methyl sites for hydroxylation is 1. The van der Waals surface area contributed by atoms with Crippen LogP contribution in [0.1, 0.15) is 37.8 Å². The molecule has 0 aromatic heterocycles. The number of nitrogens with zero attached hydrogens (tertiary/aromatic N) is 3. The fourth-order valence-electron chi connectivity index (χ4n) is 4.96. The Morgan fingerprint density at radius 1 is 1.09 bits per heavy atom. The summed E-state index contributed by atoms with van der Waals surface area (Å²) in [5.74, 6) is -0.392. The second-order valence-electron chi connectivity index (χ2n) is 8.95. The molecule has 2 aromatic rings. The summed E-state index contributed by atoms with van der Waals surface area (Å²) >= 11 is 0. The number of likely N-dealkylation sites (tertiary alicyclic amines) is 1. The van der Waals surface area contributed by atoms with E-state index in [1.165, 1.54) is 9.87 Å². The molecule has 8 heteroatoms. The third kappa shape index (κ3) is 4.88. The number of anilines is 1. The maximum atomic E-state index is 13.4. The molecule has 7 nitrogen and oxygen atoms in total. The standard InChI is InChI=1S/C26H33N3O4S/c1-3-28(4-2)34(32,33)23-12-13-24-21(17-23)11-8-15-29(24)26(31)22-18-25(30)27(19-22)16-14-20-9-6-5-7-10-20/h5-7,9-10,12-13,17,22H,3-4,8,11,14-16,18-19H2,1-2H3. The molecular weight excluding hydrogens is 450 g/mol. The molecule has 0 bridgehead atoms. The van der Waals surface area contributed by atoms with E-state index in [2.05, 4.69) is 0 Å². The summed E-state index contributed by atoms with van der Waals surface area (Å²) in [5.41, 5.74) is 2.81. The minimum atomic E-state index is -3.55. The van der Waals surface area contributed by atoms with Gasteiger partial charge >= 0.3 is 0 Å². The summed E-state index contributed by atoms with van der Waals surface area (Å²) in [6.07, 6.45) is 2.50. The highest BCUT2D eigenvalue weighted by molar-refractivity contribution is 7.89.